The van der Waals surface area contributed by atoms with Crippen LogP contribution in [0.2, 0.25) is 0 Å². The third-order valence-corrected chi connectivity index (χ3v) is 5.30. The zero-order valence-electron chi connectivity index (χ0n) is 16.7. The Morgan fingerprint density at radius 3 is 2.87 bits per heavy atom. The normalized spacial score (nSPS) is 19.6. The highest BCUT2D eigenvalue weighted by Gasteiger charge is 2.37. The van der Waals surface area contributed by atoms with E-state index in [-0.39, 0.29) is 29.7 Å². The lowest BCUT2D eigenvalue weighted by Crippen LogP contribution is -2.54. The van der Waals surface area contributed by atoms with E-state index in [9.17, 15) is 23.1 Å². The molecule has 3 heterocycles. The molecule has 1 fully saturated rings. The van der Waals surface area contributed by atoms with Crippen LogP contribution in [0, 0.1) is 0 Å². The van der Waals surface area contributed by atoms with Crippen LogP contribution in [0.1, 0.15) is 29.0 Å². The zero-order valence-corrected chi connectivity index (χ0v) is 16.7. The smallest absolute Gasteiger partial charge is 0.386 e. The van der Waals surface area contributed by atoms with E-state index in [0.29, 0.717) is 12.2 Å². The Balaban J connectivity index is 1.48. The highest BCUT2D eigenvalue weighted by atomic mass is 19.4. The van der Waals surface area contributed by atoms with Crippen LogP contribution >= 0.6 is 0 Å². The van der Waals surface area contributed by atoms with E-state index in [1.807, 2.05) is 4.90 Å². The van der Waals surface area contributed by atoms with Gasteiger partial charge in [0.05, 0.1) is 29.4 Å². The molecule has 0 spiro atoms. The van der Waals surface area contributed by atoms with Crippen molar-refractivity contribution >= 4 is 22.8 Å². The number of nitrogens with zero attached hydrogens (tertiary/aromatic N) is 5. The van der Waals surface area contributed by atoms with Crippen molar-refractivity contribution in [3.05, 3.63) is 48.2 Å². The second kappa shape index (κ2) is 7.80. The van der Waals surface area contributed by atoms with Crippen molar-refractivity contribution in [3.63, 3.8) is 0 Å². The molecule has 1 aliphatic rings. The van der Waals surface area contributed by atoms with Crippen molar-refractivity contribution in [2.45, 2.75) is 24.6 Å². The average Bonchev–Trinajstić information content (AvgIpc) is 3.17. The van der Waals surface area contributed by atoms with Crippen LogP contribution in [0.3, 0.4) is 0 Å². The summed E-state index contributed by atoms with van der Waals surface area (Å²) in [5.41, 5.74) is -0.701. The van der Waals surface area contributed by atoms with Gasteiger partial charge in [-0.1, -0.05) is 0 Å². The molecule has 0 unspecified atom stereocenters. The number of hydrogen-bond donors (Lipinski definition) is 2. The minimum atomic E-state index is -4.60. The van der Waals surface area contributed by atoms with Crippen LogP contribution in [0.4, 0.5) is 19.0 Å². The molecule has 0 bridgehead atoms. The number of fused-ring (bicyclic) bond motifs is 1. The number of aromatic amines is 1. The Labute approximate surface area is 175 Å². The van der Waals surface area contributed by atoms with Gasteiger partial charge in [-0.25, -0.2) is 9.97 Å². The van der Waals surface area contributed by atoms with E-state index in [2.05, 4.69) is 19.9 Å². The van der Waals surface area contributed by atoms with E-state index in [4.69, 9.17) is 0 Å². The predicted octanol–water partition coefficient (Wildman–Crippen LogP) is 2.48. The zero-order chi connectivity index (χ0) is 22.2. The number of likely N-dealkylation sites (N-methyl/N-ethyl adjacent to an activating group) is 1. The third kappa shape index (κ3) is 4.46. The summed E-state index contributed by atoms with van der Waals surface area (Å²) >= 11 is 0. The van der Waals surface area contributed by atoms with Gasteiger partial charge in [-0.15, -0.1) is 0 Å². The van der Waals surface area contributed by atoms with Crippen molar-refractivity contribution in [1.29, 1.82) is 0 Å². The lowest BCUT2D eigenvalue weighted by molar-refractivity contribution is -0.144. The minimum absolute atomic E-state index is 0.0669. The van der Waals surface area contributed by atoms with Gasteiger partial charge in [-0.2, -0.15) is 13.2 Å². The molecule has 11 heteroatoms. The maximum atomic E-state index is 12.9. The third-order valence-electron chi connectivity index (χ3n) is 5.30. The number of imidazole rings is 1. The van der Waals surface area contributed by atoms with Crippen molar-refractivity contribution in [2.75, 3.05) is 31.6 Å². The van der Waals surface area contributed by atoms with Crippen LogP contribution in [0.25, 0.3) is 11.0 Å². The van der Waals surface area contributed by atoms with Crippen LogP contribution in [0.15, 0.2) is 36.8 Å². The molecule has 1 saturated heterocycles. The second-order valence-electron chi connectivity index (χ2n) is 7.79. The number of aromatic nitrogens is 4. The van der Waals surface area contributed by atoms with Crippen molar-refractivity contribution in [2.24, 2.45) is 0 Å². The van der Waals surface area contributed by atoms with Gasteiger partial charge >= 0.3 is 6.18 Å². The number of anilines is 1. The minimum Gasteiger partial charge on any atom is -0.386 e. The summed E-state index contributed by atoms with van der Waals surface area (Å²) in [6.07, 6.45) is 1.40. The van der Waals surface area contributed by atoms with E-state index in [1.54, 1.807) is 25.6 Å². The Morgan fingerprint density at radius 2 is 2.16 bits per heavy atom. The molecule has 8 nitrogen and oxygen atoms in total. The number of carbonyl (C=O) groups excluding carboxylic acids is 1. The highest BCUT2D eigenvalue weighted by molar-refractivity contribution is 5.97. The number of alkyl halides is 3. The monoisotopic (exact) mass is 434 g/mol. The summed E-state index contributed by atoms with van der Waals surface area (Å²) in [7, 11) is 1.56. The van der Waals surface area contributed by atoms with Gasteiger partial charge in [-0.3, -0.25) is 9.78 Å². The molecule has 2 aromatic heterocycles. The fourth-order valence-electron chi connectivity index (χ4n) is 3.90. The van der Waals surface area contributed by atoms with Gasteiger partial charge in [0.1, 0.15) is 5.82 Å². The first-order valence-corrected chi connectivity index (χ1v) is 9.70. The molecule has 31 heavy (non-hydrogen) atoms. The maximum Gasteiger partial charge on any atom is 0.449 e. The van der Waals surface area contributed by atoms with Gasteiger partial charge in [0.2, 0.25) is 5.82 Å². The first-order valence-electron chi connectivity index (χ1n) is 9.70. The number of H-pyrrole nitrogens is 1. The standard InChI is InChI=1S/C20H21F3N6O2/c1-28(11-19(31)5-2-8-29(12-19)16-10-24-6-7-25-16)17(30)13-3-4-14-15(9-13)27-18(26-14)20(21,22)23/h3-4,6-7,9-10,31H,2,5,8,11-12H2,1H3,(H,26,27)/t19-/m0/s1. The molecule has 0 radical (unpaired) electrons. The number of amides is 1. The predicted molar refractivity (Wildman–Crippen MR) is 106 cm³/mol. The summed E-state index contributed by atoms with van der Waals surface area (Å²) in [5.74, 6) is -0.865. The summed E-state index contributed by atoms with van der Waals surface area (Å²) < 4.78 is 38.6. The lowest BCUT2D eigenvalue weighted by atomic mass is 9.92. The molecule has 3 aromatic rings. The Hall–Kier alpha value is -3.21. The van der Waals surface area contributed by atoms with Crippen molar-refractivity contribution in [1.82, 2.24) is 24.8 Å². The number of β-amino-alcohol motifs (C(OH)–C–C–N with tert-alkyl or cyclic N) is 1. The molecular formula is C20H21F3N6O2. The second-order valence-corrected chi connectivity index (χ2v) is 7.79. The van der Waals surface area contributed by atoms with Crippen LogP contribution in [-0.4, -0.2) is 68.1 Å². The van der Waals surface area contributed by atoms with Crippen LogP contribution in [-0.2, 0) is 6.18 Å². The molecule has 1 atom stereocenters. The number of halogens is 3. The molecule has 4 rings (SSSR count). The molecule has 164 valence electrons. The summed E-state index contributed by atoms with van der Waals surface area (Å²) in [4.78, 5) is 30.2. The average molecular weight is 434 g/mol. The Kier molecular flexibility index (Phi) is 5.29. The largest absolute Gasteiger partial charge is 0.449 e. The lowest BCUT2D eigenvalue weighted by Gasteiger charge is -2.41. The number of rotatable bonds is 4. The number of hydrogen-bond acceptors (Lipinski definition) is 6. The summed E-state index contributed by atoms with van der Waals surface area (Å²) in [6.45, 7) is 1.08. The SMILES string of the molecule is CN(C[C@@]1(O)CCCN(c2cnccn2)C1)C(=O)c1ccc2nc(C(F)(F)F)[nH]c2c1. The van der Waals surface area contributed by atoms with E-state index >= 15 is 0 Å². The van der Waals surface area contributed by atoms with Gasteiger partial charge in [-0.05, 0) is 31.0 Å². The quantitative estimate of drug-likeness (QED) is 0.655. The molecular weight excluding hydrogens is 413 g/mol. The van der Waals surface area contributed by atoms with E-state index in [0.717, 1.165) is 13.0 Å². The summed E-state index contributed by atoms with van der Waals surface area (Å²) in [6, 6.07) is 4.14. The van der Waals surface area contributed by atoms with E-state index < -0.39 is 23.5 Å². The van der Waals surface area contributed by atoms with Crippen LogP contribution in [0.5, 0.6) is 0 Å². The molecule has 1 aliphatic heterocycles. The first-order chi connectivity index (χ1) is 14.6. The molecule has 1 amide bonds. The van der Waals surface area contributed by atoms with Gasteiger partial charge < -0.3 is 19.9 Å². The number of nitrogens with one attached hydrogen (secondary N) is 1. The van der Waals surface area contributed by atoms with Gasteiger partial charge in [0.15, 0.2) is 0 Å². The highest BCUT2D eigenvalue weighted by Crippen LogP contribution is 2.29. The number of aliphatic hydroxyl groups is 1. The van der Waals surface area contributed by atoms with E-state index in [1.165, 1.54) is 23.1 Å². The van der Waals surface area contributed by atoms with Crippen molar-refractivity contribution in [3.8, 4) is 0 Å². The number of piperidine rings is 1. The number of carbonyl (C=O) groups is 1. The molecule has 1 aromatic carbocycles. The van der Waals surface area contributed by atoms with Gasteiger partial charge in [0, 0.05) is 38.1 Å². The van der Waals surface area contributed by atoms with Gasteiger partial charge in [0.25, 0.3) is 5.91 Å². The maximum absolute atomic E-state index is 12.9. The molecule has 2 N–H and O–H groups in total. The topological polar surface area (TPSA) is 98.2 Å². The molecule has 0 saturated carbocycles. The van der Waals surface area contributed by atoms with Crippen molar-refractivity contribution < 1.29 is 23.1 Å². The van der Waals surface area contributed by atoms with Crippen LogP contribution < -0.4 is 4.90 Å². The Bertz CT molecular complexity index is 1090. The Morgan fingerprint density at radius 1 is 1.35 bits per heavy atom. The fourth-order valence-corrected chi connectivity index (χ4v) is 3.90. The summed E-state index contributed by atoms with van der Waals surface area (Å²) in [5, 5.41) is 11.1. The first kappa shape index (κ1) is 21.0. The number of benzene rings is 1. The fraction of sp³-hybridized carbons (Fsp3) is 0.400. The molecule has 0 aliphatic carbocycles.